The van der Waals surface area contributed by atoms with Crippen LogP contribution in [-0.2, 0) is 33.0 Å². The summed E-state index contributed by atoms with van der Waals surface area (Å²) in [4.78, 5) is 8.56. The Bertz CT molecular complexity index is 31.8. The second kappa shape index (κ2) is 8.98. The molecule has 0 aliphatic carbocycles. The van der Waals surface area contributed by atoms with Crippen molar-refractivity contribution in [2.45, 2.75) is 0 Å². The Balaban J connectivity index is -0.0000000450. The summed E-state index contributed by atoms with van der Waals surface area (Å²) in [5.41, 5.74) is 0. The largest absolute Gasteiger partial charge is 0.503 e. The molecule has 0 heterocycles. The molecule has 0 aromatic carbocycles. The molecule has 2 N–H and O–H groups in total. The van der Waals surface area contributed by atoms with E-state index in [2.05, 4.69) is 0 Å². The van der Waals surface area contributed by atoms with Crippen molar-refractivity contribution >= 4 is 6.16 Å². The van der Waals surface area contributed by atoms with E-state index >= 15 is 0 Å². The van der Waals surface area contributed by atoms with Crippen LogP contribution in [0.2, 0.25) is 0 Å². The van der Waals surface area contributed by atoms with Gasteiger partial charge in [-0.05, 0) is 0 Å². The van der Waals surface area contributed by atoms with Gasteiger partial charge in [0.1, 0.15) is 0 Å². The molecule has 0 saturated carbocycles. The summed E-state index contributed by atoms with van der Waals surface area (Å²) in [7, 11) is 0. The summed E-state index contributed by atoms with van der Waals surface area (Å²) in [5, 5.41) is 13.9. The van der Waals surface area contributed by atoms with Crippen LogP contribution in [0.5, 0.6) is 0 Å². The topological polar surface area (TPSA) is 57.5 Å². The first-order chi connectivity index (χ1) is 1.73. The van der Waals surface area contributed by atoms with Crippen LogP contribution in [0.1, 0.15) is 0 Å². The molecule has 3 nitrogen and oxygen atoms in total. The molecule has 0 atom stereocenters. The van der Waals surface area contributed by atoms with E-state index in [1.807, 2.05) is 0 Å². The Kier molecular flexibility index (Phi) is 24.4. The van der Waals surface area contributed by atoms with E-state index < -0.39 is 6.16 Å². The minimum atomic E-state index is -1.83. The van der Waals surface area contributed by atoms with Gasteiger partial charge in [-0.15, -0.1) is 0 Å². The van der Waals surface area contributed by atoms with Crippen LogP contribution in [0.15, 0.2) is 0 Å². The molecule has 0 unspecified atom stereocenters. The summed E-state index contributed by atoms with van der Waals surface area (Å²) >= 11 is 0. The van der Waals surface area contributed by atoms with E-state index in [1.54, 1.807) is 0 Å². The first kappa shape index (κ1) is 16.3. The molecule has 0 aromatic rings. The normalized spacial score (nSPS) is 4.00. The van der Waals surface area contributed by atoms with Gasteiger partial charge in [-0.2, -0.15) is 0 Å². The summed E-state index contributed by atoms with van der Waals surface area (Å²) in [5.74, 6) is 0. The zero-order valence-corrected chi connectivity index (χ0v) is 4.41. The first-order valence-corrected chi connectivity index (χ1v) is 0.651. The van der Waals surface area contributed by atoms with Gasteiger partial charge in [0.05, 0.1) is 0 Å². The van der Waals surface area contributed by atoms with Gasteiger partial charge in [0.25, 0.3) is 0 Å². The fourth-order valence-electron chi connectivity index (χ4n) is 0. The standard InChI is InChI=1S/CH2O3.2Ni/c2-1(3)4;;/h(H2,2,3,4);;. The Morgan fingerprint density at radius 2 is 1.17 bits per heavy atom. The molecule has 0 rings (SSSR count). The van der Waals surface area contributed by atoms with E-state index in [0.29, 0.717) is 0 Å². The fraction of sp³-hybridized carbons (Fsp3) is 0. The van der Waals surface area contributed by atoms with Crippen molar-refractivity contribution in [2.75, 3.05) is 0 Å². The van der Waals surface area contributed by atoms with E-state index in [4.69, 9.17) is 15.0 Å². The molecule has 0 saturated heterocycles. The van der Waals surface area contributed by atoms with Gasteiger partial charge in [-0.25, -0.2) is 4.79 Å². The maximum Gasteiger partial charge on any atom is 0.503 e. The predicted octanol–water partition coefficient (Wildman–Crippen LogP) is 0.217. The van der Waals surface area contributed by atoms with Crippen molar-refractivity contribution in [2.24, 2.45) is 0 Å². The smallest absolute Gasteiger partial charge is 0.450 e. The number of carboxylic acid groups (broad SMARTS) is 2. The quantitative estimate of drug-likeness (QED) is 0.523. The molecule has 0 fully saturated rings. The Labute approximate surface area is 54.6 Å². The molecule has 0 aromatic heterocycles. The molecule has 0 amide bonds. The predicted molar refractivity (Wildman–Crippen MR) is 10.7 cm³/mol. The number of carbonyl (C=O) groups is 1. The summed E-state index contributed by atoms with van der Waals surface area (Å²) in [6.07, 6.45) is -1.83. The third-order valence-corrected chi connectivity index (χ3v) is 0. The monoisotopic (exact) mass is 178 g/mol. The third kappa shape index (κ3) is 684. The average Bonchev–Trinajstić information content (AvgIpc) is 0.811. The van der Waals surface area contributed by atoms with Gasteiger partial charge in [-0.1, -0.05) is 0 Å². The first-order valence-electron chi connectivity index (χ1n) is 0.651. The van der Waals surface area contributed by atoms with Crippen LogP contribution in [-0.4, -0.2) is 16.4 Å². The number of rotatable bonds is 0. The zero-order valence-electron chi connectivity index (χ0n) is 2.44. The second-order valence-corrected chi connectivity index (χ2v) is 0.283. The van der Waals surface area contributed by atoms with Crippen molar-refractivity contribution in [3.8, 4) is 0 Å². The van der Waals surface area contributed by atoms with Crippen LogP contribution >= 0.6 is 0 Å². The van der Waals surface area contributed by atoms with Gasteiger partial charge in [0.2, 0.25) is 0 Å². The van der Waals surface area contributed by atoms with Crippen molar-refractivity contribution in [3.05, 3.63) is 0 Å². The van der Waals surface area contributed by atoms with Gasteiger partial charge < -0.3 is 10.2 Å². The molecular formula is CH2Ni2O3. The Hall–Kier alpha value is 0.257. The van der Waals surface area contributed by atoms with Crippen LogP contribution in [0.3, 0.4) is 0 Å². The van der Waals surface area contributed by atoms with Crippen LogP contribution < -0.4 is 0 Å². The fourth-order valence-corrected chi connectivity index (χ4v) is 0. The van der Waals surface area contributed by atoms with Gasteiger partial charge >= 0.3 is 6.16 Å². The second-order valence-electron chi connectivity index (χ2n) is 0.283. The van der Waals surface area contributed by atoms with E-state index in [-0.39, 0.29) is 33.0 Å². The molecule has 44 valence electrons. The Morgan fingerprint density at radius 3 is 1.17 bits per heavy atom. The van der Waals surface area contributed by atoms with Crippen molar-refractivity contribution in [1.29, 1.82) is 0 Å². The Morgan fingerprint density at radius 1 is 1.17 bits per heavy atom. The van der Waals surface area contributed by atoms with Gasteiger partial charge in [0, 0.05) is 33.0 Å². The van der Waals surface area contributed by atoms with Crippen LogP contribution in [0.25, 0.3) is 0 Å². The maximum absolute atomic E-state index is 8.56. The minimum Gasteiger partial charge on any atom is -0.450 e. The maximum atomic E-state index is 8.56. The molecule has 5 heteroatoms. The zero-order chi connectivity index (χ0) is 3.58. The molecular weight excluding hydrogens is 177 g/mol. The minimum absolute atomic E-state index is 0. The number of hydrogen-bond donors (Lipinski definition) is 2. The molecule has 0 aliphatic rings. The SMILES string of the molecule is O=C(O)O.[Ni].[Ni]. The number of hydrogen-bond acceptors (Lipinski definition) is 1. The summed E-state index contributed by atoms with van der Waals surface area (Å²) in [6.45, 7) is 0. The van der Waals surface area contributed by atoms with Crippen LogP contribution in [0, 0.1) is 0 Å². The summed E-state index contributed by atoms with van der Waals surface area (Å²) in [6, 6.07) is 0. The van der Waals surface area contributed by atoms with E-state index in [0.717, 1.165) is 0 Å². The van der Waals surface area contributed by atoms with E-state index in [9.17, 15) is 0 Å². The van der Waals surface area contributed by atoms with Crippen molar-refractivity contribution in [1.82, 2.24) is 0 Å². The summed E-state index contributed by atoms with van der Waals surface area (Å²) < 4.78 is 0. The molecule has 0 spiro atoms. The van der Waals surface area contributed by atoms with Crippen LogP contribution in [0.4, 0.5) is 4.79 Å². The molecule has 0 aliphatic heterocycles. The molecule has 6 heavy (non-hydrogen) atoms. The molecule has 0 bridgehead atoms. The van der Waals surface area contributed by atoms with Gasteiger partial charge in [0.15, 0.2) is 0 Å². The van der Waals surface area contributed by atoms with Gasteiger partial charge in [-0.3, -0.25) is 0 Å². The molecule has 0 radical (unpaired) electrons. The third-order valence-electron chi connectivity index (χ3n) is 0. The van der Waals surface area contributed by atoms with E-state index in [1.165, 1.54) is 0 Å². The van der Waals surface area contributed by atoms with Crippen molar-refractivity contribution < 1.29 is 48.0 Å². The average molecular weight is 179 g/mol. The van der Waals surface area contributed by atoms with Crippen molar-refractivity contribution in [3.63, 3.8) is 0 Å².